The first kappa shape index (κ1) is 46.9. The third-order valence-electron chi connectivity index (χ3n) is 11.8. The lowest BCUT2D eigenvalue weighted by Gasteiger charge is -2.47. The van der Waals surface area contributed by atoms with Crippen LogP contribution in [0.3, 0.4) is 0 Å². The SMILES string of the molecule is CC1(C)CC(OC(=O)CC(C(=O)OC2CC(C)(C)NC(C)(C)C2)C(CC(O)OC2CC(C)(C)NC(C)(C)C2)C(=O)OC2CC(C)(C)NC(C)(C)C2)CC(C)(C)N1. The van der Waals surface area contributed by atoms with E-state index in [-0.39, 0.29) is 62.9 Å². The summed E-state index contributed by atoms with van der Waals surface area (Å²) in [5, 5.41) is 26.2. The van der Waals surface area contributed by atoms with E-state index in [2.05, 4.69) is 132 Å². The van der Waals surface area contributed by atoms with Gasteiger partial charge in [0, 0.05) is 89.3 Å². The molecule has 12 heteroatoms. The highest BCUT2D eigenvalue weighted by Gasteiger charge is 2.48. The summed E-state index contributed by atoms with van der Waals surface area (Å²) in [6.45, 7) is 33.3. The van der Waals surface area contributed by atoms with Gasteiger partial charge in [0.05, 0.1) is 24.4 Å². The van der Waals surface area contributed by atoms with Gasteiger partial charge in [0.2, 0.25) is 0 Å². The minimum atomic E-state index is -1.41. The van der Waals surface area contributed by atoms with E-state index in [1.165, 1.54) is 0 Å². The van der Waals surface area contributed by atoms with E-state index in [9.17, 15) is 19.5 Å². The number of aliphatic hydroxyl groups excluding tert-OH is 1. The van der Waals surface area contributed by atoms with Crippen molar-refractivity contribution < 1.29 is 38.4 Å². The molecule has 0 radical (unpaired) electrons. The van der Waals surface area contributed by atoms with Crippen molar-refractivity contribution in [2.24, 2.45) is 11.8 Å². The Bertz CT molecular complexity index is 1350. The van der Waals surface area contributed by atoms with Gasteiger partial charge in [0.25, 0.3) is 0 Å². The summed E-state index contributed by atoms with van der Waals surface area (Å²) in [6, 6.07) is 0. The van der Waals surface area contributed by atoms with Gasteiger partial charge in [-0.2, -0.15) is 0 Å². The van der Waals surface area contributed by atoms with Crippen molar-refractivity contribution in [1.29, 1.82) is 0 Å². The lowest BCUT2D eigenvalue weighted by atomic mass is 9.80. The van der Waals surface area contributed by atoms with E-state index in [1.54, 1.807) is 0 Å². The van der Waals surface area contributed by atoms with E-state index >= 15 is 0 Å². The van der Waals surface area contributed by atoms with Crippen LogP contribution in [-0.4, -0.2) is 98.0 Å². The minimum absolute atomic E-state index is 0.245. The molecule has 56 heavy (non-hydrogen) atoms. The van der Waals surface area contributed by atoms with Crippen molar-refractivity contribution >= 4 is 17.9 Å². The van der Waals surface area contributed by atoms with Gasteiger partial charge in [0.1, 0.15) is 18.3 Å². The van der Waals surface area contributed by atoms with Crippen molar-refractivity contribution in [2.45, 2.75) is 250 Å². The lowest BCUT2D eigenvalue weighted by molar-refractivity contribution is -0.189. The average molecular weight is 793 g/mol. The number of rotatable bonds is 12. The van der Waals surface area contributed by atoms with Gasteiger partial charge in [-0.3, -0.25) is 14.4 Å². The molecule has 4 saturated heterocycles. The standard InChI is InChI=1S/C44H80N4O8/c1-37(2)19-27(20-38(3,4)45-37)53-33(49)17-31(35(51)55-29-23-41(9,10)47-42(11,12)24-29)32(36(52)56-30-25-43(13,14)48-44(15,16)26-30)18-34(50)54-28-21-39(5,6)46-40(7,8)22-28/h27-33,45-49H,17-26H2,1-16H3. The second-order valence-electron chi connectivity index (χ2n) is 23.3. The van der Waals surface area contributed by atoms with Crippen LogP contribution in [0.4, 0.5) is 0 Å². The second-order valence-corrected chi connectivity index (χ2v) is 23.3. The first-order chi connectivity index (χ1) is 25.1. The number of aliphatic hydroxyl groups is 1. The Hall–Kier alpha value is -1.83. The van der Waals surface area contributed by atoms with E-state index in [1.807, 2.05) is 0 Å². The molecule has 324 valence electrons. The third-order valence-corrected chi connectivity index (χ3v) is 11.8. The molecule has 0 saturated carbocycles. The number of ether oxygens (including phenoxy) is 4. The molecule has 0 aromatic heterocycles. The maximum atomic E-state index is 14.7. The molecule has 4 aliphatic heterocycles. The van der Waals surface area contributed by atoms with E-state index < -0.39 is 54.7 Å². The highest BCUT2D eigenvalue weighted by Crippen LogP contribution is 2.38. The average Bonchev–Trinajstić information content (AvgIpc) is 2.87. The fraction of sp³-hybridized carbons (Fsp3) is 0.932. The number of esters is 3. The smallest absolute Gasteiger partial charge is 0.310 e. The molecule has 3 atom stereocenters. The topological polar surface area (TPSA) is 156 Å². The van der Waals surface area contributed by atoms with Crippen LogP contribution in [0, 0.1) is 11.8 Å². The maximum Gasteiger partial charge on any atom is 0.310 e. The normalized spacial score (nSPS) is 28.7. The summed E-state index contributed by atoms with van der Waals surface area (Å²) in [4.78, 5) is 43.4. The first-order valence-electron chi connectivity index (χ1n) is 21.2. The van der Waals surface area contributed by atoms with E-state index in [0.29, 0.717) is 51.4 Å². The quantitative estimate of drug-likeness (QED) is 0.0868. The Morgan fingerprint density at radius 2 is 0.732 bits per heavy atom. The number of carbonyl (C=O) groups excluding carboxylic acids is 3. The summed E-state index contributed by atoms with van der Waals surface area (Å²) >= 11 is 0. The van der Waals surface area contributed by atoms with Crippen LogP contribution in [0.2, 0.25) is 0 Å². The molecule has 0 amide bonds. The van der Waals surface area contributed by atoms with Crippen LogP contribution in [-0.2, 0) is 33.3 Å². The third kappa shape index (κ3) is 14.2. The van der Waals surface area contributed by atoms with Crippen LogP contribution in [0.1, 0.15) is 175 Å². The molecule has 3 unspecified atom stereocenters. The monoisotopic (exact) mass is 793 g/mol. The van der Waals surface area contributed by atoms with Gasteiger partial charge in [-0.05, 0) is 124 Å². The summed E-state index contributed by atoms with van der Waals surface area (Å²) in [7, 11) is 0. The van der Waals surface area contributed by atoms with Crippen molar-refractivity contribution in [3.05, 3.63) is 0 Å². The van der Waals surface area contributed by atoms with Gasteiger partial charge in [0.15, 0.2) is 6.29 Å². The number of hydrogen-bond acceptors (Lipinski definition) is 12. The summed E-state index contributed by atoms with van der Waals surface area (Å²) < 4.78 is 25.1. The zero-order valence-corrected chi connectivity index (χ0v) is 37.9. The molecular formula is C44H80N4O8. The first-order valence-corrected chi connectivity index (χ1v) is 21.2. The van der Waals surface area contributed by atoms with E-state index in [0.717, 1.165) is 0 Å². The van der Waals surface area contributed by atoms with Gasteiger partial charge in [-0.25, -0.2) is 0 Å². The maximum absolute atomic E-state index is 14.7. The Balaban J connectivity index is 1.68. The fourth-order valence-corrected chi connectivity index (χ4v) is 11.5. The van der Waals surface area contributed by atoms with Crippen LogP contribution in [0.25, 0.3) is 0 Å². The van der Waals surface area contributed by atoms with E-state index in [4.69, 9.17) is 18.9 Å². The van der Waals surface area contributed by atoms with Gasteiger partial charge in [-0.15, -0.1) is 0 Å². The number of piperidine rings is 4. The van der Waals surface area contributed by atoms with Gasteiger partial charge < -0.3 is 45.3 Å². The largest absolute Gasteiger partial charge is 0.462 e. The second kappa shape index (κ2) is 16.3. The zero-order chi connectivity index (χ0) is 42.5. The Morgan fingerprint density at radius 1 is 0.464 bits per heavy atom. The van der Waals surface area contributed by atoms with Crippen molar-refractivity contribution in [3.8, 4) is 0 Å². The van der Waals surface area contributed by atoms with Crippen LogP contribution in [0.15, 0.2) is 0 Å². The molecule has 4 fully saturated rings. The molecule has 0 spiro atoms. The van der Waals surface area contributed by atoms with Crippen molar-refractivity contribution in [1.82, 2.24) is 21.3 Å². The molecule has 4 rings (SSSR count). The molecule has 0 aromatic rings. The summed E-state index contributed by atoms with van der Waals surface area (Å²) in [6.07, 6.45) is 1.06. The molecule has 4 aliphatic rings. The number of carbonyl (C=O) groups is 3. The Morgan fingerprint density at radius 3 is 1.05 bits per heavy atom. The highest BCUT2D eigenvalue weighted by molar-refractivity contribution is 5.86. The molecular weight excluding hydrogens is 713 g/mol. The van der Waals surface area contributed by atoms with Crippen molar-refractivity contribution in [3.63, 3.8) is 0 Å². The van der Waals surface area contributed by atoms with Crippen molar-refractivity contribution in [2.75, 3.05) is 0 Å². The summed E-state index contributed by atoms with van der Waals surface area (Å²) in [5.74, 6) is -4.42. The predicted octanol–water partition coefficient (Wildman–Crippen LogP) is 6.20. The highest BCUT2D eigenvalue weighted by atomic mass is 16.6. The molecule has 0 aliphatic carbocycles. The number of nitrogens with one attached hydrogen (secondary N) is 4. The number of hydrogen-bond donors (Lipinski definition) is 5. The molecule has 5 N–H and O–H groups in total. The van der Waals surface area contributed by atoms with Crippen LogP contribution in [0.5, 0.6) is 0 Å². The van der Waals surface area contributed by atoms with Gasteiger partial charge >= 0.3 is 17.9 Å². The Kier molecular flexibility index (Phi) is 13.7. The lowest BCUT2D eigenvalue weighted by Crippen LogP contribution is -2.60. The van der Waals surface area contributed by atoms with Crippen LogP contribution >= 0.6 is 0 Å². The van der Waals surface area contributed by atoms with Gasteiger partial charge in [-0.1, -0.05) is 0 Å². The zero-order valence-electron chi connectivity index (χ0n) is 37.9. The molecule has 4 heterocycles. The molecule has 12 nitrogen and oxygen atoms in total. The molecule has 0 aromatic carbocycles. The summed E-state index contributed by atoms with van der Waals surface area (Å²) in [5.41, 5.74) is -2.30. The molecule has 0 bridgehead atoms. The minimum Gasteiger partial charge on any atom is -0.462 e. The Labute approximate surface area is 338 Å². The van der Waals surface area contributed by atoms with Crippen LogP contribution < -0.4 is 21.3 Å². The predicted molar refractivity (Wildman–Crippen MR) is 219 cm³/mol. The fourth-order valence-electron chi connectivity index (χ4n) is 11.5.